The SMILES string of the molecule is Cc1cc(F)ccc1CCNS(=O)(=O)c1ccsc1CN. The quantitative estimate of drug-likeness (QED) is 0.854. The summed E-state index contributed by atoms with van der Waals surface area (Å²) in [5, 5.41) is 1.71. The minimum absolute atomic E-state index is 0.199. The van der Waals surface area contributed by atoms with Crippen molar-refractivity contribution in [2.75, 3.05) is 6.54 Å². The average Bonchev–Trinajstić information content (AvgIpc) is 2.90. The molecule has 1 heterocycles. The molecule has 0 saturated heterocycles. The number of nitrogens with one attached hydrogen (secondary N) is 1. The third-order valence-corrected chi connectivity index (χ3v) is 5.79. The van der Waals surface area contributed by atoms with Gasteiger partial charge in [-0.15, -0.1) is 11.3 Å². The van der Waals surface area contributed by atoms with E-state index in [4.69, 9.17) is 5.73 Å². The number of rotatable bonds is 6. The normalized spacial score (nSPS) is 11.8. The zero-order valence-electron chi connectivity index (χ0n) is 11.6. The predicted molar refractivity (Wildman–Crippen MR) is 82.2 cm³/mol. The molecule has 0 saturated carbocycles. The Bertz CT molecular complexity index is 726. The Labute approximate surface area is 127 Å². The standard InChI is InChI=1S/C14H17FN2O2S2/c1-10-8-12(15)3-2-11(10)4-6-17-21(18,19)14-5-7-20-13(14)9-16/h2-3,5,7-8,17H,4,6,9,16H2,1H3. The average molecular weight is 328 g/mol. The number of benzene rings is 1. The Kier molecular flexibility index (Phi) is 5.10. The van der Waals surface area contributed by atoms with Crippen molar-refractivity contribution in [1.82, 2.24) is 4.72 Å². The van der Waals surface area contributed by atoms with E-state index >= 15 is 0 Å². The molecule has 7 heteroatoms. The third kappa shape index (κ3) is 3.88. The van der Waals surface area contributed by atoms with Crippen LogP contribution in [-0.2, 0) is 23.0 Å². The fraction of sp³-hybridized carbons (Fsp3) is 0.286. The van der Waals surface area contributed by atoms with Crippen molar-refractivity contribution in [3.63, 3.8) is 0 Å². The van der Waals surface area contributed by atoms with Gasteiger partial charge in [-0.3, -0.25) is 0 Å². The number of aryl methyl sites for hydroxylation is 1. The van der Waals surface area contributed by atoms with Crippen molar-refractivity contribution in [3.8, 4) is 0 Å². The molecular weight excluding hydrogens is 311 g/mol. The van der Waals surface area contributed by atoms with Crippen molar-refractivity contribution in [3.05, 3.63) is 51.5 Å². The summed E-state index contributed by atoms with van der Waals surface area (Å²) in [4.78, 5) is 0.881. The number of thiophene rings is 1. The van der Waals surface area contributed by atoms with Crippen LogP contribution in [0.1, 0.15) is 16.0 Å². The highest BCUT2D eigenvalue weighted by atomic mass is 32.2. The highest BCUT2D eigenvalue weighted by Gasteiger charge is 2.18. The predicted octanol–water partition coefficient (Wildman–Crippen LogP) is 2.18. The van der Waals surface area contributed by atoms with Crippen LogP contribution in [0.2, 0.25) is 0 Å². The molecule has 0 bridgehead atoms. The van der Waals surface area contributed by atoms with Crippen LogP contribution in [0.5, 0.6) is 0 Å². The van der Waals surface area contributed by atoms with E-state index < -0.39 is 10.0 Å². The van der Waals surface area contributed by atoms with Crippen LogP contribution in [0.15, 0.2) is 34.5 Å². The molecule has 2 rings (SSSR count). The van der Waals surface area contributed by atoms with Gasteiger partial charge in [-0.2, -0.15) is 0 Å². The highest BCUT2D eigenvalue weighted by Crippen LogP contribution is 2.21. The summed E-state index contributed by atoms with van der Waals surface area (Å²) >= 11 is 1.32. The van der Waals surface area contributed by atoms with Gasteiger partial charge in [0.05, 0.1) is 4.90 Å². The summed E-state index contributed by atoms with van der Waals surface area (Å²) in [6.07, 6.45) is 0.507. The lowest BCUT2D eigenvalue weighted by Crippen LogP contribution is -2.26. The van der Waals surface area contributed by atoms with E-state index in [-0.39, 0.29) is 23.8 Å². The van der Waals surface area contributed by atoms with Gasteiger partial charge in [0.1, 0.15) is 5.82 Å². The first kappa shape index (κ1) is 16.1. The summed E-state index contributed by atoms with van der Waals surface area (Å²) < 4.78 is 39.9. The smallest absolute Gasteiger partial charge is 0.241 e. The van der Waals surface area contributed by atoms with Crippen LogP contribution < -0.4 is 10.5 Å². The van der Waals surface area contributed by atoms with Crippen molar-refractivity contribution in [1.29, 1.82) is 0 Å². The van der Waals surface area contributed by atoms with Crippen LogP contribution in [0.4, 0.5) is 4.39 Å². The lowest BCUT2D eigenvalue weighted by Gasteiger charge is -2.09. The van der Waals surface area contributed by atoms with Crippen LogP contribution >= 0.6 is 11.3 Å². The van der Waals surface area contributed by atoms with Gasteiger partial charge in [-0.1, -0.05) is 6.07 Å². The zero-order valence-corrected chi connectivity index (χ0v) is 13.2. The molecule has 0 aliphatic carbocycles. The Morgan fingerprint density at radius 1 is 1.33 bits per heavy atom. The molecule has 0 aliphatic rings. The fourth-order valence-electron chi connectivity index (χ4n) is 2.05. The van der Waals surface area contributed by atoms with E-state index in [1.165, 1.54) is 23.5 Å². The van der Waals surface area contributed by atoms with Crippen molar-refractivity contribution in [2.24, 2.45) is 5.73 Å². The molecule has 1 aromatic carbocycles. The first-order chi connectivity index (χ1) is 9.94. The van der Waals surface area contributed by atoms with Gasteiger partial charge in [0.25, 0.3) is 0 Å². The van der Waals surface area contributed by atoms with Gasteiger partial charge in [0.15, 0.2) is 0 Å². The van der Waals surface area contributed by atoms with E-state index in [1.807, 2.05) is 0 Å². The van der Waals surface area contributed by atoms with Gasteiger partial charge in [0, 0.05) is 18.0 Å². The second kappa shape index (κ2) is 6.65. The number of hydrogen-bond acceptors (Lipinski definition) is 4. The maximum Gasteiger partial charge on any atom is 0.241 e. The summed E-state index contributed by atoms with van der Waals surface area (Å²) in [5.74, 6) is -0.289. The monoisotopic (exact) mass is 328 g/mol. The molecule has 0 spiro atoms. The van der Waals surface area contributed by atoms with Crippen LogP contribution in [-0.4, -0.2) is 15.0 Å². The first-order valence-corrected chi connectivity index (χ1v) is 8.81. The number of nitrogens with two attached hydrogens (primary N) is 1. The topological polar surface area (TPSA) is 72.2 Å². The van der Waals surface area contributed by atoms with Gasteiger partial charge in [-0.05, 0) is 48.1 Å². The summed E-state index contributed by atoms with van der Waals surface area (Å²) in [6.45, 7) is 2.26. The van der Waals surface area contributed by atoms with E-state index in [1.54, 1.807) is 24.4 Å². The lowest BCUT2D eigenvalue weighted by atomic mass is 10.1. The molecular formula is C14H17FN2O2S2. The molecule has 21 heavy (non-hydrogen) atoms. The summed E-state index contributed by atoms with van der Waals surface area (Å²) in [7, 11) is -3.54. The number of hydrogen-bond donors (Lipinski definition) is 2. The Morgan fingerprint density at radius 2 is 2.10 bits per heavy atom. The van der Waals surface area contributed by atoms with Crippen LogP contribution in [0.3, 0.4) is 0 Å². The maximum atomic E-state index is 13.0. The van der Waals surface area contributed by atoms with E-state index in [0.717, 1.165) is 11.1 Å². The van der Waals surface area contributed by atoms with Crippen molar-refractivity contribution in [2.45, 2.75) is 24.8 Å². The van der Waals surface area contributed by atoms with Crippen LogP contribution in [0, 0.1) is 12.7 Å². The summed E-state index contributed by atoms with van der Waals surface area (Å²) in [5.41, 5.74) is 7.26. The zero-order chi connectivity index (χ0) is 15.5. The Morgan fingerprint density at radius 3 is 2.76 bits per heavy atom. The van der Waals surface area contributed by atoms with Gasteiger partial charge in [-0.25, -0.2) is 17.5 Å². The second-order valence-corrected chi connectivity index (χ2v) is 7.37. The Balaban J connectivity index is 2.02. The van der Waals surface area contributed by atoms with E-state index in [9.17, 15) is 12.8 Å². The molecule has 4 nitrogen and oxygen atoms in total. The minimum Gasteiger partial charge on any atom is -0.326 e. The Hall–Kier alpha value is -1.28. The van der Waals surface area contributed by atoms with Crippen LogP contribution in [0.25, 0.3) is 0 Å². The number of sulfonamides is 1. The number of halogens is 1. The third-order valence-electron chi connectivity index (χ3n) is 3.17. The van der Waals surface area contributed by atoms with Gasteiger partial charge in [0.2, 0.25) is 10.0 Å². The molecule has 0 unspecified atom stereocenters. The molecule has 3 N–H and O–H groups in total. The molecule has 114 valence electrons. The molecule has 0 fully saturated rings. The molecule has 0 aliphatic heterocycles. The van der Waals surface area contributed by atoms with Gasteiger partial charge >= 0.3 is 0 Å². The van der Waals surface area contributed by atoms with E-state index in [2.05, 4.69) is 4.72 Å². The fourth-order valence-corrected chi connectivity index (χ4v) is 4.42. The lowest BCUT2D eigenvalue weighted by molar-refractivity contribution is 0.580. The highest BCUT2D eigenvalue weighted by molar-refractivity contribution is 7.89. The molecule has 0 amide bonds. The second-order valence-electron chi connectivity index (χ2n) is 4.63. The molecule has 0 radical (unpaired) electrons. The summed E-state index contributed by atoms with van der Waals surface area (Å²) in [6, 6.07) is 6.05. The minimum atomic E-state index is -3.54. The van der Waals surface area contributed by atoms with Crippen molar-refractivity contribution >= 4 is 21.4 Å². The van der Waals surface area contributed by atoms with E-state index in [0.29, 0.717) is 11.3 Å². The molecule has 1 aromatic heterocycles. The first-order valence-electron chi connectivity index (χ1n) is 6.45. The maximum absolute atomic E-state index is 13.0. The van der Waals surface area contributed by atoms with Crippen molar-refractivity contribution < 1.29 is 12.8 Å². The molecule has 0 atom stereocenters. The molecule has 2 aromatic rings. The largest absolute Gasteiger partial charge is 0.326 e. The van der Waals surface area contributed by atoms with Gasteiger partial charge < -0.3 is 5.73 Å².